The van der Waals surface area contributed by atoms with Crippen molar-refractivity contribution in [3.05, 3.63) is 57.0 Å². The van der Waals surface area contributed by atoms with E-state index >= 15 is 0 Å². The van der Waals surface area contributed by atoms with Gasteiger partial charge in [0.25, 0.3) is 5.56 Å². The molecule has 0 radical (unpaired) electrons. The summed E-state index contributed by atoms with van der Waals surface area (Å²) in [5.41, 5.74) is 2.14. The molecule has 2 heterocycles. The summed E-state index contributed by atoms with van der Waals surface area (Å²) < 4.78 is 7.09. The summed E-state index contributed by atoms with van der Waals surface area (Å²) in [6.07, 6.45) is 2.41. The lowest BCUT2D eigenvalue weighted by Crippen LogP contribution is -2.32. The maximum atomic E-state index is 12.2. The minimum absolute atomic E-state index is 0.193. The zero-order valence-electron chi connectivity index (χ0n) is 13.4. The molecule has 1 aromatic carbocycles. The van der Waals surface area contributed by atoms with Crippen molar-refractivity contribution in [3.8, 4) is 5.75 Å². The van der Waals surface area contributed by atoms with Crippen molar-refractivity contribution in [1.82, 2.24) is 9.88 Å². The lowest BCUT2D eigenvalue weighted by atomic mass is 10.0. The highest BCUT2D eigenvalue weighted by molar-refractivity contribution is 6.30. The van der Waals surface area contributed by atoms with Gasteiger partial charge in [0.15, 0.2) is 0 Å². The molecule has 2 amide bonds. The molecule has 3 rings (SSSR count). The summed E-state index contributed by atoms with van der Waals surface area (Å²) in [5.74, 6) is 0.792. The number of halogens is 1. The van der Waals surface area contributed by atoms with E-state index in [1.807, 2.05) is 13.0 Å². The molecule has 24 heavy (non-hydrogen) atoms. The van der Waals surface area contributed by atoms with Gasteiger partial charge in [-0.15, -0.1) is 0 Å². The van der Waals surface area contributed by atoms with Crippen LogP contribution in [0.15, 0.2) is 35.3 Å². The maximum absolute atomic E-state index is 12.2. The molecule has 0 spiro atoms. The lowest BCUT2D eigenvalue weighted by Gasteiger charge is -2.18. The first-order valence-electron chi connectivity index (χ1n) is 7.63. The minimum atomic E-state index is -0.400. The van der Waals surface area contributed by atoms with E-state index in [0.29, 0.717) is 17.3 Å². The maximum Gasteiger partial charge on any atom is 0.319 e. The predicted molar refractivity (Wildman–Crippen MR) is 92.9 cm³/mol. The van der Waals surface area contributed by atoms with Crippen molar-refractivity contribution in [1.29, 1.82) is 0 Å². The molecule has 2 aromatic rings. The van der Waals surface area contributed by atoms with E-state index < -0.39 is 6.03 Å². The fraction of sp³-hybridized carbons (Fsp3) is 0.294. The Morgan fingerprint density at radius 1 is 1.38 bits per heavy atom. The van der Waals surface area contributed by atoms with Crippen LogP contribution in [0.25, 0.3) is 0 Å². The van der Waals surface area contributed by atoms with Crippen LogP contribution in [-0.2, 0) is 13.5 Å². The summed E-state index contributed by atoms with van der Waals surface area (Å²) in [4.78, 5) is 23.8. The molecular formula is C17H18ClN3O3. The number of carbonyl (C=O) groups is 1. The topological polar surface area (TPSA) is 72.4 Å². The van der Waals surface area contributed by atoms with Crippen molar-refractivity contribution in [3.63, 3.8) is 0 Å². The number of rotatable bonds is 3. The van der Waals surface area contributed by atoms with Crippen LogP contribution in [0, 0.1) is 0 Å². The zero-order valence-corrected chi connectivity index (χ0v) is 14.2. The Labute approximate surface area is 144 Å². The number of fused-ring (bicyclic) bond motifs is 1. The summed E-state index contributed by atoms with van der Waals surface area (Å²) in [6, 6.07) is 6.02. The van der Waals surface area contributed by atoms with Crippen LogP contribution >= 0.6 is 11.6 Å². The van der Waals surface area contributed by atoms with Gasteiger partial charge in [0.1, 0.15) is 5.75 Å². The van der Waals surface area contributed by atoms with Gasteiger partial charge in [-0.25, -0.2) is 4.79 Å². The van der Waals surface area contributed by atoms with Gasteiger partial charge in [-0.3, -0.25) is 4.79 Å². The van der Waals surface area contributed by atoms with Crippen LogP contribution in [0.4, 0.5) is 10.5 Å². The highest BCUT2D eigenvalue weighted by atomic mass is 35.5. The molecule has 1 aliphatic rings. The second-order valence-electron chi connectivity index (χ2n) is 5.77. The number of urea groups is 1. The second kappa shape index (κ2) is 6.57. The number of nitrogens with one attached hydrogen (secondary N) is 2. The standard InChI is InChI=1S/C17H18ClN3O3/c1-10(14-8-12(18)7-11-4-6-24-16(11)14)19-17(23)20-13-3-5-21(2)15(22)9-13/h3,5,7-10H,4,6H2,1-2H3,(H2,19,20,23). The largest absolute Gasteiger partial charge is 0.493 e. The Morgan fingerprint density at radius 3 is 2.92 bits per heavy atom. The number of amides is 2. The Balaban J connectivity index is 1.73. The van der Waals surface area contributed by atoms with E-state index in [9.17, 15) is 9.59 Å². The normalized spacial score (nSPS) is 13.8. The number of anilines is 1. The first-order valence-corrected chi connectivity index (χ1v) is 8.01. The minimum Gasteiger partial charge on any atom is -0.493 e. The fourth-order valence-electron chi connectivity index (χ4n) is 2.69. The summed E-state index contributed by atoms with van der Waals surface area (Å²) in [7, 11) is 1.65. The number of carbonyl (C=O) groups excluding carboxylic acids is 1. The van der Waals surface area contributed by atoms with Gasteiger partial charge in [-0.05, 0) is 30.7 Å². The highest BCUT2D eigenvalue weighted by Crippen LogP contribution is 2.36. The molecule has 0 saturated carbocycles. The quantitative estimate of drug-likeness (QED) is 0.896. The Hall–Kier alpha value is -2.47. The third kappa shape index (κ3) is 3.38. The lowest BCUT2D eigenvalue weighted by molar-refractivity contribution is 0.249. The van der Waals surface area contributed by atoms with Crippen molar-refractivity contribution in [2.75, 3.05) is 11.9 Å². The van der Waals surface area contributed by atoms with Crippen LogP contribution in [0.2, 0.25) is 5.02 Å². The van der Waals surface area contributed by atoms with E-state index in [2.05, 4.69) is 10.6 Å². The van der Waals surface area contributed by atoms with E-state index in [1.54, 1.807) is 25.4 Å². The molecule has 126 valence electrons. The first-order chi connectivity index (χ1) is 11.4. The molecule has 1 aromatic heterocycles. The fourth-order valence-corrected chi connectivity index (χ4v) is 2.94. The SMILES string of the molecule is CC(NC(=O)Nc1ccn(C)c(=O)c1)c1cc(Cl)cc2c1OCC2. The molecule has 1 aliphatic heterocycles. The van der Waals surface area contributed by atoms with Crippen molar-refractivity contribution >= 4 is 23.3 Å². The summed E-state index contributed by atoms with van der Waals surface area (Å²) >= 11 is 6.15. The Morgan fingerprint density at radius 2 is 2.17 bits per heavy atom. The van der Waals surface area contributed by atoms with E-state index in [-0.39, 0.29) is 11.6 Å². The van der Waals surface area contributed by atoms with Crippen molar-refractivity contribution in [2.45, 2.75) is 19.4 Å². The third-order valence-electron chi connectivity index (χ3n) is 3.95. The average molecular weight is 348 g/mol. The van der Waals surface area contributed by atoms with Gasteiger partial charge in [-0.1, -0.05) is 11.6 Å². The highest BCUT2D eigenvalue weighted by Gasteiger charge is 2.22. The second-order valence-corrected chi connectivity index (χ2v) is 6.20. The van der Waals surface area contributed by atoms with E-state index in [4.69, 9.17) is 16.3 Å². The number of ether oxygens (including phenoxy) is 1. The number of benzene rings is 1. The number of aryl methyl sites for hydroxylation is 1. The van der Waals surface area contributed by atoms with Crippen LogP contribution < -0.4 is 20.9 Å². The number of hydrogen-bond donors (Lipinski definition) is 2. The average Bonchev–Trinajstić information content (AvgIpc) is 2.98. The number of pyridine rings is 1. The number of aromatic nitrogens is 1. The van der Waals surface area contributed by atoms with Crippen LogP contribution in [0.5, 0.6) is 5.75 Å². The smallest absolute Gasteiger partial charge is 0.319 e. The van der Waals surface area contributed by atoms with Gasteiger partial charge in [0.2, 0.25) is 0 Å². The molecule has 2 N–H and O–H groups in total. The zero-order chi connectivity index (χ0) is 17.3. The Kier molecular flexibility index (Phi) is 4.49. The monoisotopic (exact) mass is 347 g/mol. The summed E-state index contributed by atoms with van der Waals surface area (Å²) in [5, 5.41) is 6.11. The van der Waals surface area contributed by atoms with Crippen molar-refractivity contribution < 1.29 is 9.53 Å². The molecule has 0 saturated heterocycles. The van der Waals surface area contributed by atoms with Crippen LogP contribution in [-0.4, -0.2) is 17.2 Å². The molecule has 0 bridgehead atoms. The molecule has 6 nitrogen and oxygen atoms in total. The molecule has 1 unspecified atom stereocenters. The third-order valence-corrected chi connectivity index (χ3v) is 4.17. The van der Waals surface area contributed by atoms with Crippen molar-refractivity contribution in [2.24, 2.45) is 7.05 Å². The van der Waals surface area contributed by atoms with Crippen LogP contribution in [0.3, 0.4) is 0 Å². The van der Waals surface area contributed by atoms with Gasteiger partial charge < -0.3 is 19.9 Å². The summed E-state index contributed by atoms with van der Waals surface area (Å²) in [6.45, 7) is 2.48. The number of nitrogens with zero attached hydrogens (tertiary/aromatic N) is 1. The van der Waals surface area contributed by atoms with E-state index in [0.717, 1.165) is 23.3 Å². The predicted octanol–water partition coefficient (Wildman–Crippen LogP) is 2.86. The Bertz CT molecular complexity index is 847. The van der Waals surface area contributed by atoms with Crippen LogP contribution in [0.1, 0.15) is 24.1 Å². The first kappa shape index (κ1) is 16.4. The van der Waals surface area contributed by atoms with Gasteiger partial charge in [0, 0.05) is 42.0 Å². The van der Waals surface area contributed by atoms with Gasteiger partial charge >= 0.3 is 6.03 Å². The number of hydrogen-bond acceptors (Lipinski definition) is 3. The molecular weight excluding hydrogens is 330 g/mol. The molecule has 0 fully saturated rings. The molecule has 0 aliphatic carbocycles. The molecule has 1 atom stereocenters. The van der Waals surface area contributed by atoms with Gasteiger partial charge in [-0.2, -0.15) is 0 Å². The molecule has 7 heteroatoms. The van der Waals surface area contributed by atoms with Gasteiger partial charge in [0.05, 0.1) is 12.6 Å². The van der Waals surface area contributed by atoms with E-state index in [1.165, 1.54) is 10.6 Å².